The summed E-state index contributed by atoms with van der Waals surface area (Å²) in [7, 11) is 1.60. The monoisotopic (exact) mass is 391 g/mol. The average molecular weight is 391 g/mol. The highest BCUT2D eigenvalue weighted by molar-refractivity contribution is 7.21. The third kappa shape index (κ3) is 3.79. The van der Waals surface area contributed by atoms with E-state index in [9.17, 15) is 4.79 Å². The van der Waals surface area contributed by atoms with E-state index in [0.717, 1.165) is 32.1 Å². The highest BCUT2D eigenvalue weighted by Crippen LogP contribution is 2.31. The Balaban J connectivity index is 1.50. The van der Waals surface area contributed by atoms with Crippen molar-refractivity contribution in [2.24, 2.45) is 0 Å². The number of fused-ring (bicyclic) bond motifs is 1. The van der Waals surface area contributed by atoms with Gasteiger partial charge < -0.3 is 9.47 Å². The molecule has 0 aliphatic heterocycles. The molecule has 1 amide bonds. The van der Waals surface area contributed by atoms with Crippen LogP contribution < -0.4 is 14.8 Å². The van der Waals surface area contributed by atoms with E-state index in [1.54, 1.807) is 55.1 Å². The molecule has 0 saturated heterocycles. The van der Waals surface area contributed by atoms with Crippen LogP contribution in [0.1, 0.15) is 5.56 Å². The van der Waals surface area contributed by atoms with Crippen LogP contribution in [0, 0.1) is 6.92 Å². The topological polar surface area (TPSA) is 73.3 Å². The van der Waals surface area contributed by atoms with Gasteiger partial charge in [0.25, 0.3) is 0 Å². The molecule has 1 N–H and O–H groups in total. The SMILES string of the molecule is COc1ccc(OC(=O)Nc2cccc(-c3nc4ccncc4s3)c2)cc1C. The average Bonchev–Trinajstić information content (AvgIpc) is 3.12. The first-order chi connectivity index (χ1) is 13.6. The molecule has 0 aliphatic carbocycles. The van der Waals surface area contributed by atoms with E-state index in [1.165, 1.54) is 0 Å². The second kappa shape index (κ2) is 7.66. The quantitative estimate of drug-likeness (QED) is 0.512. The lowest BCUT2D eigenvalue weighted by Crippen LogP contribution is -2.16. The Labute approximate surface area is 165 Å². The first kappa shape index (κ1) is 17.9. The molecule has 28 heavy (non-hydrogen) atoms. The predicted molar refractivity (Wildman–Crippen MR) is 110 cm³/mol. The summed E-state index contributed by atoms with van der Waals surface area (Å²) in [5, 5.41) is 3.62. The van der Waals surface area contributed by atoms with E-state index in [1.807, 2.05) is 31.2 Å². The summed E-state index contributed by atoms with van der Waals surface area (Å²) < 4.78 is 11.6. The Morgan fingerprint density at radius 3 is 2.82 bits per heavy atom. The van der Waals surface area contributed by atoms with E-state index in [2.05, 4.69) is 15.3 Å². The van der Waals surface area contributed by atoms with E-state index in [-0.39, 0.29) is 0 Å². The molecule has 0 spiro atoms. The lowest BCUT2D eigenvalue weighted by atomic mass is 10.2. The van der Waals surface area contributed by atoms with Crippen molar-refractivity contribution in [3.05, 3.63) is 66.5 Å². The van der Waals surface area contributed by atoms with Crippen LogP contribution in [0.4, 0.5) is 10.5 Å². The molecule has 0 radical (unpaired) electrons. The zero-order valence-electron chi connectivity index (χ0n) is 15.3. The van der Waals surface area contributed by atoms with Gasteiger partial charge >= 0.3 is 6.09 Å². The number of hydrogen-bond donors (Lipinski definition) is 1. The number of thiazole rings is 1. The van der Waals surface area contributed by atoms with Gasteiger partial charge in [-0.2, -0.15) is 0 Å². The molecule has 4 rings (SSSR count). The van der Waals surface area contributed by atoms with Crippen molar-refractivity contribution in [2.75, 3.05) is 12.4 Å². The standard InChI is InChI=1S/C21H17N3O3S/c1-13-10-16(6-7-18(13)26-2)27-21(25)23-15-5-3-4-14(11-15)20-24-17-8-9-22-12-19(17)28-20/h3-12H,1-2H3,(H,23,25). The first-order valence-corrected chi connectivity index (χ1v) is 9.38. The summed E-state index contributed by atoms with van der Waals surface area (Å²) in [5.74, 6) is 1.19. The Kier molecular flexibility index (Phi) is 4.90. The van der Waals surface area contributed by atoms with Gasteiger partial charge in [0.2, 0.25) is 0 Å². The molecule has 2 aromatic heterocycles. The number of carbonyl (C=O) groups excluding carboxylic acids is 1. The van der Waals surface area contributed by atoms with Gasteiger partial charge in [-0.15, -0.1) is 11.3 Å². The third-order valence-electron chi connectivity index (χ3n) is 4.12. The highest BCUT2D eigenvalue weighted by atomic mass is 32.1. The minimum Gasteiger partial charge on any atom is -0.496 e. The van der Waals surface area contributed by atoms with Gasteiger partial charge in [-0.3, -0.25) is 10.3 Å². The summed E-state index contributed by atoms with van der Waals surface area (Å²) in [5.41, 5.74) is 3.34. The number of benzene rings is 2. The molecule has 0 bridgehead atoms. The second-order valence-corrected chi connectivity index (χ2v) is 7.12. The molecular weight excluding hydrogens is 374 g/mol. The number of nitrogens with zero attached hydrogens (tertiary/aromatic N) is 2. The van der Waals surface area contributed by atoms with Crippen molar-refractivity contribution in [3.8, 4) is 22.1 Å². The van der Waals surface area contributed by atoms with Crippen LogP contribution in [0.25, 0.3) is 20.8 Å². The van der Waals surface area contributed by atoms with Gasteiger partial charge in [0.15, 0.2) is 0 Å². The van der Waals surface area contributed by atoms with Gasteiger partial charge in [0.1, 0.15) is 16.5 Å². The fraction of sp³-hybridized carbons (Fsp3) is 0.0952. The predicted octanol–water partition coefficient (Wildman–Crippen LogP) is 5.29. The molecule has 0 unspecified atom stereocenters. The first-order valence-electron chi connectivity index (χ1n) is 8.57. The number of nitrogens with one attached hydrogen (secondary N) is 1. The summed E-state index contributed by atoms with van der Waals surface area (Å²) in [6.07, 6.45) is 2.96. The third-order valence-corrected chi connectivity index (χ3v) is 5.18. The Morgan fingerprint density at radius 1 is 1.14 bits per heavy atom. The number of carbonyl (C=O) groups is 1. The zero-order chi connectivity index (χ0) is 19.5. The van der Waals surface area contributed by atoms with Crippen LogP contribution in [0.3, 0.4) is 0 Å². The van der Waals surface area contributed by atoms with E-state index < -0.39 is 6.09 Å². The fourth-order valence-electron chi connectivity index (χ4n) is 2.80. The van der Waals surface area contributed by atoms with Crippen LogP contribution in [0.5, 0.6) is 11.5 Å². The molecule has 2 heterocycles. The molecule has 0 saturated carbocycles. The van der Waals surface area contributed by atoms with Crippen LogP contribution in [0.15, 0.2) is 60.9 Å². The van der Waals surface area contributed by atoms with Crippen molar-refractivity contribution in [2.45, 2.75) is 6.92 Å². The van der Waals surface area contributed by atoms with Crippen molar-refractivity contribution < 1.29 is 14.3 Å². The number of rotatable bonds is 4. The summed E-state index contributed by atoms with van der Waals surface area (Å²) in [6.45, 7) is 1.89. The van der Waals surface area contributed by atoms with Crippen molar-refractivity contribution in [1.82, 2.24) is 9.97 Å². The maximum absolute atomic E-state index is 12.3. The maximum Gasteiger partial charge on any atom is 0.417 e. The summed E-state index contributed by atoms with van der Waals surface area (Å²) >= 11 is 1.56. The molecular formula is C21H17N3O3S. The van der Waals surface area contributed by atoms with Gasteiger partial charge in [-0.1, -0.05) is 12.1 Å². The number of methoxy groups -OCH3 is 1. The Morgan fingerprint density at radius 2 is 2.04 bits per heavy atom. The Hall–Kier alpha value is -3.45. The number of anilines is 1. The largest absolute Gasteiger partial charge is 0.496 e. The summed E-state index contributed by atoms with van der Waals surface area (Å²) in [4.78, 5) is 21.0. The number of hydrogen-bond acceptors (Lipinski definition) is 6. The molecule has 4 aromatic rings. The van der Waals surface area contributed by atoms with Crippen LogP contribution >= 0.6 is 11.3 Å². The molecule has 2 aromatic carbocycles. The summed E-state index contributed by atoms with van der Waals surface area (Å²) in [6, 6.07) is 14.6. The number of amides is 1. The maximum atomic E-state index is 12.3. The van der Waals surface area contributed by atoms with Gasteiger partial charge in [0, 0.05) is 23.6 Å². The van der Waals surface area contributed by atoms with E-state index >= 15 is 0 Å². The van der Waals surface area contributed by atoms with Crippen molar-refractivity contribution >= 4 is 33.3 Å². The van der Waals surface area contributed by atoms with Crippen LogP contribution in [0.2, 0.25) is 0 Å². The van der Waals surface area contributed by atoms with Gasteiger partial charge in [-0.25, -0.2) is 9.78 Å². The Bertz CT molecular complexity index is 1120. The van der Waals surface area contributed by atoms with E-state index in [4.69, 9.17) is 9.47 Å². The number of aryl methyl sites for hydroxylation is 1. The molecule has 140 valence electrons. The van der Waals surface area contributed by atoms with Gasteiger partial charge in [-0.05, 0) is 48.9 Å². The number of ether oxygens (including phenoxy) is 2. The highest BCUT2D eigenvalue weighted by Gasteiger charge is 2.10. The lowest BCUT2D eigenvalue weighted by molar-refractivity contribution is 0.215. The fourth-order valence-corrected chi connectivity index (χ4v) is 3.73. The molecule has 6 nitrogen and oxygen atoms in total. The van der Waals surface area contributed by atoms with E-state index in [0.29, 0.717) is 11.4 Å². The molecule has 0 fully saturated rings. The molecule has 7 heteroatoms. The van der Waals surface area contributed by atoms with Crippen molar-refractivity contribution in [3.63, 3.8) is 0 Å². The minimum atomic E-state index is -0.560. The zero-order valence-corrected chi connectivity index (χ0v) is 16.1. The van der Waals surface area contributed by atoms with Crippen molar-refractivity contribution in [1.29, 1.82) is 0 Å². The smallest absolute Gasteiger partial charge is 0.417 e. The molecule has 0 atom stereocenters. The van der Waals surface area contributed by atoms with Gasteiger partial charge in [0.05, 0.1) is 17.3 Å². The number of aromatic nitrogens is 2. The second-order valence-electron chi connectivity index (χ2n) is 6.09. The minimum absolute atomic E-state index is 0.450. The number of pyridine rings is 1. The lowest BCUT2D eigenvalue weighted by Gasteiger charge is -2.09. The van der Waals surface area contributed by atoms with Crippen LogP contribution in [-0.4, -0.2) is 23.2 Å². The van der Waals surface area contributed by atoms with Crippen LogP contribution in [-0.2, 0) is 0 Å². The molecule has 0 aliphatic rings. The normalized spacial score (nSPS) is 10.6.